The summed E-state index contributed by atoms with van der Waals surface area (Å²) in [4.78, 5) is 75.6. The van der Waals surface area contributed by atoms with Crippen LogP contribution in [0, 0.1) is 23.7 Å². The zero-order valence-electron chi connectivity index (χ0n) is 42.1. The number of hydrogen-bond donors (Lipinski definition) is 2. The molecule has 0 saturated carbocycles. The Morgan fingerprint density at radius 1 is 0.785 bits per heavy atom. The summed E-state index contributed by atoms with van der Waals surface area (Å²) >= 11 is 0. The zero-order chi connectivity index (χ0) is 48.8. The second kappa shape index (κ2) is 29.9. The molecule has 1 fully saturated rings. The van der Waals surface area contributed by atoms with Crippen LogP contribution < -0.4 is 10.6 Å². The lowest BCUT2D eigenvalue weighted by atomic mass is 9.89. The molecule has 372 valence electrons. The molecule has 0 spiro atoms. The summed E-state index contributed by atoms with van der Waals surface area (Å²) in [5, 5.41) is 6.01. The van der Waals surface area contributed by atoms with Crippen molar-refractivity contribution in [2.75, 3.05) is 81.6 Å². The summed E-state index contributed by atoms with van der Waals surface area (Å²) in [6, 6.07) is 6.38. The third kappa shape index (κ3) is 17.8. The minimum atomic E-state index is -0.982. The fourth-order valence-electron chi connectivity index (χ4n) is 8.67. The number of ether oxygens (including phenoxy) is 6. The number of amides is 4. The van der Waals surface area contributed by atoms with Gasteiger partial charge in [-0.15, -0.1) is 0 Å². The van der Waals surface area contributed by atoms with Crippen molar-refractivity contribution in [2.45, 2.75) is 143 Å². The van der Waals surface area contributed by atoms with Crippen LogP contribution in [0.3, 0.4) is 0 Å². The molecule has 1 unspecified atom stereocenters. The molecule has 4 amide bonds. The van der Waals surface area contributed by atoms with Crippen LogP contribution in [0.15, 0.2) is 30.3 Å². The van der Waals surface area contributed by atoms with Crippen molar-refractivity contribution in [2.24, 2.45) is 23.7 Å². The van der Waals surface area contributed by atoms with Gasteiger partial charge in [-0.3, -0.25) is 24.1 Å². The smallest absolute Gasteiger partial charge is 0.329 e. The maximum absolute atomic E-state index is 14.5. The second-order valence-corrected chi connectivity index (χ2v) is 18.4. The van der Waals surface area contributed by atoms with E-state index in [2.05, 4.69) is 10.6 Å². The van der Waals surface area contributed by atoms with E-state index in [4.69, 9.17) is 28.4 Å². The molecule has 0 aliphatic carbocycles. The summed E-state index contributed by atoms with van der Waals surface area (Å²) in [5.41, 5.74) is 0.845. The topological polar surface area (TPSA) is 175 Å². The standard InChI is InChI=1S/C49H85N5O11/c1-15-35(8)44(53(11)48(58)42(32(2)3)51-47(57)43(33(4)5)52(10)34(6)7)40(61-13)31-41(55)54-23-19-22-39(54)45(62-14)36(9)46(56)50-38(30-37-20-17-16-18-21-37)49(59)65-29-28-64-27-26-63-25-24-60-12/h16-18,20-21,32-36,38-40,42-45H,15,19,22-31H2,1-14H3,(H,50,56)(H,51,57)/t35-,36+,38-,39-,40+,42?,43-,44-,45+/m0/s1. The Bertz CT molecular complexity index is 1570. The van der Waals surface area contributed by atoms with Gasteiger partial charge < -0.3 is 48.9 Å². The van der Waals surface area contributed by atoms with Gasteiger partial charge in [0, 0.05) is 47.4 Å². The van der Waals surface area contributed by atoms with Crippen molar-refractivity contribution in [3.05, 3.63) is 35.9 Å². The molecule has 9 atom stereocenters. The molecular weight excluding hydrogens is 835 g/mol. The molecule has 1 saturated heterocycles. The number of methoxy groups -OCH3 is 3. The van der Waals surface area contributed by atoms with Gasteiger partial charge in [0.25, 0.3) is 0 Å². The number of nitrogens with zero attached hydrogens (tertiary/aromatic N) is 3. The SMILES string of the molecule is CC[C@H](C)[C@@H]([C@@H](CC(=O)N1CCC[C@H]1[C@H](OC)[C@@H](C)C(=O)N[C@@H](Cc1ccccc1)C(=O)OCCOCCOCCOC)OC)N(C)C(=O)C(NC(=O)[C@H](C(C)C)N(C)C(C)C)C(C)C. The zero-order valence-corrected chi connectivity index (χ0v) is 42.1. The number of benzene rings is 1. The first-order valence-electron chi connectivity index (χ1n) is 23.7. The number of likely N-dealkylation sites (tertiary alicyclic amines) is 1. The van der Waals surface area contributed by atoms with E-state index in [1.165, 1.54) is 7.11 Å². The normalized spacial score (nSPS) is 17.9. The molecule has 16 nitrogen and oxygen atoms in total. The Morgan fingerprint density at radius 3 is 1.94 bits per heavy atom. The molecule has 1 aliphatic heterocycles. The van der Waals surface area contributed by atoms with Gasteiger partial charge in [-0.05, 0) is 57.1 Å². The van der Waals surface area contributed by atoms with Crippen molar-refractivity contribution in [1.82, 2.24) is 25.3 Å². The van der Waals surface area contributed by atoms with Gasteiger partial charge in [-0.25, -0.2) is 4.79 Å². The van der Waals surface area contributed by atoms with E-state index in [0.29, 0.717) is 52.2 Å². The quantitative estimate of drug-likeness (QED) is 0.0798. The van der Waals surface area contributed by atoms with Crippen molar-refractivity contribution >= 4 is 29.6 Å². The van der Waals surface area contributed by atoms with Gasteiger partial charge in [0.05, 0.1) is 75.7 Å². The second-order valence-electron chi connectivity index (χ2n) is 18.4. The number of nitrogens with one attached hydrogen (secondary N) is 2. The van der Waals surface area contributed by atoms with E-state index in [-0.39, 0.29) is 67.6 Å². The maximum atomic E-state index is 14.5. The molecule has 0 radical (unpaired) electrons. The van der Waals surface area contributed by atoms with Crippen molar-refractivity contribution in [1.29, 1.82) is 0 Å². The third-order valence-electron chi connectivity index (χ3n) is 12.8. The number of hydrogen-bond acceptors (Lipinski definition) is 12. The van der Waals surface area contributed by atoms with E-state index < -0.39 is 60.2 Å². The number of esters is 1. The average Bonchev–Trinajstić information content (AvgIpc) is 3.76. The fraction of sp³-hybridized carbons (Fsp3) is 0.776. The predicted octanol–water partition coefficient (Wildman–Crippen LogP) is 4.36. The minimum Gasteiger partial charge on any atom is -0.462 e. The molecule has 16 heteroatoms. The highest BCUT2D eigenvalue weighted by Gasteiger charge is 2.43. The van der Waals surface area contributed by atoms with E-state index in [1.54, 1.807) is 38.0 Å². The highest BCUT2D eigenvalue weighted by atomic mass is 16.6. The van der Waals surface area contributed by atoms with Gasteiger partial charge in [0.2, 0.25) is 23.6 Å². The van der Waals surface area contributed by atoms with Crippen LogP contribution in [-0.2, 0) is 58.8 Å². The molecule has 1 aromatic rings. The average molecular weight is 920 g/mol. The molecule has 1 aromatic carbocycles. The highest BCUT2D eigenvalue weighted by molar-refractivity contribution is 5.90. The molecule has 0 aromatic heterocycles. The van der Waals surface area contributed by atoms with E-state index >= 15 is 0 Å². The first-order valence-corrected chi connectivity index (χ1v) is 23.7. The van der Waals surface area contributed by atoms with Crippen LogP contribution in [0.4, 0.5) is 0 Å². The van der Waals surface area contributed by atoms with Crippen molar-refractivity contribution < 1.29 is 52.4 Å². The van der Waals surface area contributed by atoms with Gasteiger partial charge in [0.15, 0.2) is 0 Å². The summed E-state index contributed by atoms with van der Waals surface area (Å²) in [7, 11) is 8.34. The third-order valence-corrected chi connectivity index (χ3v) is 12.8. The number of likely N-dealkylation sites (N-methyl/N-ethyl adjacent to an activating group) is 2. The summed E-state index contributed by atoms with van der Waals surface area (Å²) in [5.74, 6) is -2.62. The summed E-state index contributed by atoms with van der Waals surface area (Å²) in [6.07, 6.45) is 0.870. The Hall–Kier alpha value is -3.67. The lowest BCUT2D eigenvalue weighted by Crippen LogP contribution is -2.60. The van der Waals surface area contributed by atoms with Crippen LogP contribution in [0.5, 0.6) is 0 Å². The molecule has 0 bridgehead atoms. The Labute approximate surface area is 390 Å². The lowest BCUT2D eigenvalue weighted by Gasteiger charge is -2.41. The van der Waals surface area contributed by atoms with Crippen molar-refractivity contribution in [3.8, 4) is 0 Å². The Balaban J connectivity index is 2.24. The largest absolute Gasteiger partial charge is 0.462 e. The van der Waals surface area contributed by atoms with Gasteiger partial charge in [-0.1, -0.05) is 85.2 Å². The van der Waals surface area contributed by atoms with E-state index in [0.717, 1.165) is 5.56 Å². The predicted molar refractivity (Wildman–Crippen MR) is 251 cm³/mol. The van der Waals surface area contributed by atoms with Crippen LogP contribution in [0.1, 0.15) is 93.6 Å². The first-order chi connectivity index (χ1) is 30.9. The molecule has 2 rings (SSSR count). The first kappa shape index (κ1) is 57.5. The van der Waals surface area contributed by atoms with Crippen LogP contribution in [0.2, 0.25) is 0 Å². The lowest BCUT2D eigenvalue weighted by molar-refractivity contribution is -0.151. The highest BCUT2D eigenvalue weighted by Crippen LogP contribution is 2.30. The van der Waals surface area contributed by atoms with Gasteiger partial charge >= 0.3 is 5.97 Å². The molecular formula is C49H85N5O11. The number of carbonyl (C=O) groups excluding carboxylic acids is 5. The minimum absolute atomic E-state index is 0.00161. The summed E-state index contributed by atoms with van der Waals surface area (Å²) < 4.78 is 33.5. The van der Waals surface area contributed by atoms with Crippen LogP contribution in [-0.4, -0.2) is 174 Å². The summed E-state index contributed by atoms with van der Waals surface area (Å²) in [6.45, 7) is 20.0. The number of rotatable bonds is 31. The maximum Gasteiger partial charge on any atom is 0.329 e. The fourth-order valence-corrected chi connectivity index (χ4v) is 8.67. The molecule has 1 heterocycles. The molecule has 1 aliphatic rings. The van der Waals surface area contributed by atoms with E-state index in [1.807, 2.05) is 97.7 Å². The monoisotopic (exact) mass is 920 g/mol. The van der Waals surface area contributed by atoms with Gasteiger partial charge in [0.1, 0.15) is 18.7 Å². The molecule has 65 heavy (non-hydrogen) atoms. The van der Waals surface area contributed by atoms with Crippen molar-refractivity contribution in [3.63, 3.8) is 0 Å². The molecule has 2 N–H and O–H groups in total. The van der Waals surface area contributed by atoms with E-state index in [9.17, 15) is 24.0 Å². The van der Waals surface area contributed by atoms with Gasteiger partial charge in [-0.2, -0.15) is 0 Å². The number of carbonyl (C=O) groups is 5. The van der Waals surface area contributed by atoms with Crippen LogP contribution in [0.25, 0.3) is 0 Å². The van der Waals surface area contributed by atoms with Crippen LogP contribution >= 0.6 is 0 Å². The Kier molecular flexibility index (Phi) is 26.4. The Morgan fingerprint density at radius 2 is 1.40 bits per heavy atom.